The maximum absolute atomic E-state index is 12.0. The van der Waals surface area contributed by atoms with E-state index in [2.05, 4.69) is 10.3 Å². The van der Waals surface area contributed by atoms with Crippen LogP contribution >= 0.6 is 0 Å². The fourth-order valence-corrected chi connectivity index (χ4v) is 1.41. The molecule has 1 atom stereocenters. The van der Waals surface area contributed by atoms with Gasteiger partial charge in [0.1, 0.15) is 5.54 Å². The topological polar surface area (TPSA) is 82.5 Å². The Bertz CT molecular complexity index is 459. The number of aliphatic carboxylic acids is 1. The SMILES string of the molecule is CC(NC(=O)N(C)C(C)(C)C(=O)O)c1ccncc1. The normalized spacial score (nSPS) is 12.6. The molecule has 0 bridgehead atoms. The summed E-state index contributed by atoms with van der Waals surface area (Å²) in [5.41, 5.74) is -0.355. The summed E-state index contributed by atoms with van der Waals surface area (Å²) >= 11 is 0. The zero-order valence-electron chi connectivity index (χ0n) is 11.5. The van der Waals surface area contributed by atoms with E-state index in [0.717, 1.165) is 5.56 Å². The average molecular weight is 265 g/mol. The molecule has 104 valence electrons. The van der Waals surface area contributed by atoms with Crippen LogP contribution < -0.4 is 5.32 Å². The second-order valence-electron chi connectivity index (χ2n) is 4.87. The van der Waals surface area contributed by atoms with Crippen LogP contribution in [-0.2, 0) is 4.79 Å². The standard InChI is InChI=1S/C13H19N3O3/c1-9(10-5-7-14-8-6-10)15-12(19)16(4)13(2,3)11(17)18/h5-9H,1-4H3,(H,15,19)(H,17,18). The van der Waals surface area contributed by atoms with Crippen molar-refractivity contribution in [3.05, 3.63) is 30.1 Å². The number of rotatable bonds is 4. The maximum Gasteiger partial charge on any atom is 0.329 e. The molecule has 0 fully saturated rings. The van der Waals surface area contributed by atoms with E-state index in [-0.39, 0.29) is 6.04 Å². The Hall–Kier alpha value is -2.11. The van der Waals surface area contributed by atoms with Gasteiger partial charge in [-0.1, -0.05) is 0 Å². The van der Waals surface area contributed by atoms with Gasteiger partial charge >= 0.3 is 12.0 Å². The van der Waals surface area contributed by atoms with Crippen molar-refractivity contribution in [3.8, 4) is 0 Å². The zero-order valence-corrected chi connectivity index (χ0v) is 11.5. The smallest absolute Gasteiger partial charge is 0.329 e. The molecule has 0 aliphatic carbocycles. The summed E-state index contributed by atoms with van der Waals surface area (Å²) in [5.74, 6) is -1.05. The molecular formula is C13H19N3O3. The number of urea groups is 1. The van der Waals surface area contributed by atoms with Crippen molar-refractivity contribution < 1.29 is 14.7 Å². The van der Waals surface area contributed by atoms with E-state index in [4.69, 9.17) is 5.11 Å². The van der Waals surface area contributed by atoms with Crippen LogP contribution in [0, 0.1) is 0 Å². The highest BCUT2D eigenvalue weighted by atomic mass is 16.4. The zero-order chi connectivity index (χ0) is 14.6. The average Bonchev–Trinajstić information content (AvgIpc) is 2.38. The van der Waals surface area contributed by atoms with Gasteiger partial charge < -0.3 is 15.3 Å². The summed E-state index contributed by atoms with van der Waals surface area (Å²) in [5, 5.41) is 11.8. The van der Waals surface area contributed by atoms with Crippen molar-refractivity contribution in [2.75, 3.05) is 7.05 Å². The quantitative estimate of drug-likeness (QED) is 0.867. The fraction of sp³-hybridized carbons (Fsp3) is 0.462. The number of pyridine rings is 1. The van der Waals surface area contributed by atoms with Crippen LogP contribution in [0.4, 0.5) is 4.79 Å². The van der Waals surface area contributed by atoms with E-state index >= 15 is 0 Å². The molecule has 1 aromatic rings. The Kier molecular flexibility index (Phi) is 4.47. The molecule has 0 radical (unpaired) electrons. The summed E-state index contributed by atoms with van der Waals surface area (Å²) in [6.45, 7) is 4.78. The summed E-state index contributed by atoms with van der Waals surface area (Å²) in [7, 11) is 1.46. The molecule has 6 heteroatoms. The van der Waals surface area contributed by atoms with E-state index in [1.54, 1.807) is 24.5 Å². The van der Waals surface area contributed by atoms with Crippen LogP contribution in [0.3, 0.4) is 0 Å². The van der Waals surface area contributed by atoms with Crippen LogP contribution in [0.25, 0.3) is 0 Å². The van der Waals surface area contributed by atoms with E-state index < -0.39 is 17.5 Å². The number of carboxylic acid groups (broad SMARTS) is 1. The number of carbonyl (C=O) groups excluding carboxylic acids is 1. The molecule has 0 saturated carbocycles. The predicted molar refractivity (Wildman–Crippen MR) is 70.7 cm³/mol. The third-order valence-electron chi connectivity index (χ3n) is 3.21. The number of aromatic nitrogens is 1. The first-order valence-electron chi connectivity index (χ1n) is 5.94. The number of amides is 2. The number of likely N-dealkylation sites (N-methyl/N-ethyl adjacent to an activating group) is 1. The van der Waals surface area contributed by atoms with Gasteiger partial charge in [-0.15, -0.1) is 0 Å². The van der Waals surface area contributed by atoms with Gasteiger partial charge in [-0.05, 0) is 38.5 Å². The second kappa shape index (κ2) is 5.69. The summed E-state index contributed by atoms with van der Waals surface area (Å²) in [6, 6.07) is 2.94. The first-order chi connectivity index (χ1) is 8.76. The van der Waals surface area contributed by atoms with E-state index in [9.17, 15) is 9.59 Å². The van der Waals surface area contributed by atoms with Crippen molar-refractivity contribution >= 4 is 12.0 Å². The van der Waals surface area contributed by atoms with Gasteiger partial charge in [0, 0.05) is 19.4 Å². The van der Waals surface area contributed by atoms with Gasteiger partial charge in [-0.3, -0.25) is 4.98 Å². The molecule has 1 heterocycles. The number of nitrogens with one attached hydrogen (secondary N) is 1. The number of hydrogen-bond donors (Lipinski definition) is 2. The maximum atomic E-state index is 12.0. The van der Waals surface area contributed by atoms with Crippen LogP contribution in [-0.4, -0.2) is 39.6 Å². The van der Waals surface area contributed by atoms with Crippen molar-refractivity contribution in [1.29, 1.82) is 0 Å². The monoisotopic (exact) mass is 265 g/mol. The summed E-state index contributed by atoms with van der Waals surface area (Å²) in [4.78, 5) is 28.2. The Labute approximate surface area is 112 Å². The number of hydrogen-bond acceptors (Lipinski definition) is 3. The lowest BCUT2D eigenvalue weighted by Gasteiger charge is -2.32. The Morgan fingerprint density at radius 3 is 2.37 bits per heavy atom. The Morgan fingerprint density at radius 1 is 1.37 bits per heavy atom. The van der Waals surface area contributed by atoms with E-state index in [1.807, 2.05) is 6.92 Å². The van der Waals surface area contributed by atoms with Crippen LogP contribution in [0.15, 0.2) is 24.5 Å². The fourth-order valence-electron chi connectivity index (χ4n) is 1.41. The van der Waals surface area contributed by atoms with Crippen molar-refractivity contribution in [2.45, 2.75) is 32.4 Å². The number of carbonyl (C=O) groups is 2. The van der Waals surface area contributed by atoms with E-state index in [1.165, 1.54) is 25.8 Å². The van der Waals surface area contributed by atoms with Gasteiger partial charge in [0.25, 0.3) is 0 Å². The highest BCUT2D eigenvalue weighted by molar-refractivity contribution is 5.85. The minimum atomic E-state index is -1.26. The second-order valence-corrected chi connectivity index (χ2v) is 4.87. The van der Waals surface area contributed by atoms with Crippen molar-refractivity contribution in [3.63, 3.8) is 0 Å². The van der Waals surface area contributed by atoms with Gasteiger partial charge in [0.05, 0.1) is 6.04 Å². The van der Waals surface area contributed by atoms with Gasteiger partial charge in [0.2, 0.25) is 0 Å². The molecule has 2 N–H and O–H groups in total. The molecule has 0 aliphatic rings. The summed E-state index contributed by atoms with van der Waals surface area (Å²) in [6.07, 6.45) is 3.28. The van der Waals surface area contributed by atoms with Gasteiger partial charge in [-0.2, -0.15) is 0 Å². The largest absolute Gasteiger partial charge is 0.480 e. The molecule has 19 heavy (non-hydrogen) atoms. The lowest BCUT2D eigenvalue weighted by Crippen LogP contribution is -2.54. The minimum absolute atomic E-state index is 0.220. The lowest BCUT2D eigenvalue weighted by atomic mass is 10.0. The summed E-state index contributed by atoms with van der Waals surface area (Å²) < 4.78 is 0. The first-order valence-corrected chi connectivity index (χ1v) is 5.94. The predicted octanol–water partition coefficient (Wildman–Crippen LogP) is 1.65. The Balaban J connectivity index is 2.73. The van der Waals surface area contributed by atoms with Crippen LogP contribution in [0.1, 0.15) is 32.4 Å². The van der Waals surface area contributed by atoms with Crippen LogP contribution in [0.2, 0.25) is 0 Å². The third kappa shape index (κ3) is 3.43. The number of nitrogens with zero attached hydrogens (tertiary/aromatic N) is 2. The lowest BCUT2D eigenvalue weighted by molar-refractivity contribution is -0.146. The molecule has 1 unspecified atom stereocenters. The van der Waals surface area contributed by atoms with E-state index in [0.29, 0.717) is 0 Å². The molecule has 0 spiro atoms. The minimum Gasteiger partial charge on any atom is -0.480 e. The molecule has 1 aromatic heterocycles. The molecule has 6 nitrogen and oxygen atoms in total. The van der Waals surface area contributed by atoms with Crippen molar-refractivity contribution in [1.82, 2.24) is 15.2 Å². The highest BCUT2D eigenvalue weighted by Crippen LogP contribution is 2.15. The third-order valence-corrected chi connectivity index (χ3v) is 3.21. The number of carboxylic acids is 1. The molecule has 2 amide bonds. The molecular weight excluding hydrogens is 246 g/mol. The molecule has 0 aromatic carbocycles. The Morgan fingerprint density at radius 2 is 1.89 bits per heavy atom. The van der Waals surface area contributed by atoms with Crippen molar-refractivity contribution in [2.24, 2.45) is 0 Å². The molecule has 0 aliphatic heterocycles. The van der Waals surface area contributed by atoms with Gasteiger partial charge in [-0.25, -0.2) is 9.59 Å². The molecule has 1 rings (SSSR count). The van der Waals surface area contributed by atoms with Gasteiger partial charge in [0.15, 0.2) is 0 Å². The first kappa shape index (κ1) is 14.9. The molecule has 0 saturated heterocycles. The van der Waals surface area contributed by atoms with Crippen LogP contribution in [0.5, 0.6) is 0 Å². The highest BCUT2D eigenvalue weighted by Gasteiger charge is 2.35.